The number of carbonyl (C=O) groups excluding carboxylic acids is 4. The summed E-state index contributed by atoms with van der Waals surface area (Å²) < 4.78 is 13.0. The molecular formula is C30H24FN3O4. The predicted molar refractivity (Wildman–Crippen MR) is 142 cm³/mol. The van der Waals surface area contributed by atoms with Gasteiger partial charge in [0.15, 0.2) is 5.78 Å². The molecule has 0 aromatic heterocycles. The van der Waals surface area contributed by atoms with Crippen LogP contribution in [-0.4, -0.2) is 36.6 Å². The third kappa shape index (κ3) is 6.55. The summed E-state index contributed by atoms with van der Waals surface area (Å²) in [6, 6.07) is 26.7. The van der Waals surface area contributed by atoms with Gasteiger partial charge in [-0.25, -0.2) is 4.39 Å². The topological polar surface area (TPSA) is 104 Å². The number of ketones is 1. The zero-order valence-electron chi connectivity index (χ0n) is 20.2. The first-order valence-corrected chi connectivity index (χ1v) is 11.8. The van der Waals surface area contributed by atoms with Gasteiger partial charge in [-0.3, -0.25) is 19.2 Å². The molecule has 7 nitrogen and oxygen atoms in total. The van der Waals surface area contributed by atoms with Gasteiger partial charge in [-0.1, -0.05) is 48.5 Å². The summed E-state index contributed by atoms with van der Waals surface area (Å²) in [5.41, 5.74) is 2.20. The van der Waals surface area contributed by atoms with Crippen LogP contribution in [0.3, 0.4) is 0 Å². The quantitative estimate of drug-likeness (QED) is 0.229. The summed E-state index contributed by atoms with van der Waals surface area (Å²) in [6.07, 6.45) is 0. The van der Waals surface area contributed by atoms with Gasteiger partial charge in [0.25, 0.3) is 17.7 Å². The van der Waals surface area contributed by atoms with E-state index in [0.29, 0.717) is 27.9 Å². The largest absolute Gasteiger partial charge is 0.350 e. The number of anilines is 1. The van der Waals surface area contributed by atoms with Gasteiger partial charge >= 0.3 is 0 Å². The lowest BCUT2D eigenvalue weighted by molar-refractivity contribution is 0.0924. The van der Waals surface area contributed by atoms with Crippen LogP contribution in [0.15, 0.2) is 103 Å². The highest BCUT2D eigenvalue weighted by molar-refractivity contribution is 6.15. The molecule has 3 N–H and O–H groups in total. The minimum Gasteiger partial charge on any atom is -0.350 e. The number of rotatable bonds is 9. The highest BCUT2D eigenvalue weighted by Crippen LogP contribution is 2.15. The molecule has 0 aliphatic rings. The fourth-order valence-corrected chi connectivity index (χ4v) is 3.68. The van der Waals surface area contributed by atoms with Gasteiger partial charge in [0, 0.05) is 41.0 Å². The SMILES string of the molecule is O=C(NCCNC(=O)c1ccccc1C(=O)c1ccccc1)c1ccc(NC(=O)c2ccc(F)cc2)cc1. The van der Waals surface area contributed by atoms with E-state index in [2.05, 4.69) is 16.0 Å². The van der Waals surface area contributed by atoms with Crippen molar-refractivity contribution in [3.8, 4) is 0 Å². The van der Waals surface area contributed by atoms with Crippen LogP contribution >= 0.6 is 0 Å². The second-order valence-electron chi connectivity index (χ2n) is 8.29. The zero-order chi connectivity index (χ0) is 26.9. The fraction of sp³-hybridized carbons (Fsp3) is 0.0667. The van der Waals surface area contributed by atoms with Crippen LogP contribution in [0.4, 0.5) is 10.1 Å². The minimum absolute atomic E-state index is 0.157. The van der Waals surface area contributed by atoms with E-state index in [-0.39, 0.29) is 30.3 Å². The summed E-state index contributed by atoms with van der Waals surface area (Å²) >= 11 is 0. The Balaban J connectivity index is 1.27. The summed E-state index contributed by atoms with van der Waals surface area (Å²) in [4.78, 5) is 50.3. The van der Waals surface area contributed by atoms with Crippen molar-refractivity contribution >= 4 is 29.2 Å². The molecule has 4 aromatic rings. The normalized spacial score (nSPS) is 10.3. The average molecular weight is 510 g/mol. The number of hydrogen-bond acceptors (Lipinski definition) is 4. The Morgan fingerprint density at radius 3 is 1.71 bits per heavy atom. The molecule has 4 aromatic carbocycles. The summed E-state index contributed by atoms with van der Waals surface area (Å²) in [6.45, 7) is 0.326. The molecule has 0 bridgehead atoms. The number of benzene rings is 4. The third-order valence-corrected chi connectivity index (χ3v) is 5.66. The first kappa shape index (κ1) is 26.0. The molecule has 0 saturated heterocycles. The van der Waals surface area contributed by atoms with Crippen molar-refractivity contribution in [2.24, 2.45) is 0 Å². The van der Waals surface area contributed by atoms with Crippen molar-refractivity contribution in [3.05, 3.63) is 137 Å². The molecule has 0 atom stereocenters. The smallest absolute Gasteiger partial charge is 0.255 e. The Bertz CT molecular complexity index is 1450. The van der Waals surface area contributed by atoms with Crippen LogP contribution in [0.1, 0.15) is 47.0 Å². The third-order valence-electron chi connectivity index (χ3n) is 5.66. The van der Waals surface area contributed by atoms with E-state index in [1.165, 1.54) is 24.3 Å². The number of carbonyl (C=O) groups is 4. The lowest BCUT2D eigenvalue weighted by atomic mass is 9.98. The van der Waals surface area contributed by atoms with Gasteiger partial charge in [-0.2, -0.15) is 0 Å². The number of hydrogen-bond donors (Lipinski definition) is 3. The van der Waals surface area contributed by atoms with Crippen LogP contribution in [0, 0.1) is 5.82 Å². The van der Waals surface area contributed by atoms with Crippen molar-refractivity contribution < 1.29 is 23.6 Å². The van der Waals surface area contributed by atoms with Crippen LogP contribution in [0.5, 0.6) is 0 Å². The monoisotopic (exact) mass is 509 g/mol. The highest BCUT2D eigenvalue weighted by Gasteiger charge is 2.17. The molecule has 0 aliphatic heterocycles. The van der Waals surface area contributed by atoms with Crippen molar-refractivity contribution in [1.29, 1.82) is 0 Å². The van der Waals surface area contributed by atoms with Crippen LogP contribution in [-0.2, 0) is 0 Å². The lowest BCUT2D eigenvalue weighted by Gasteiger charge is -2.11. The van der Waals surface area contributed by atoms with E-state index in [0.717, 1.165) is 0 Å². The number of nitrogens with one attached hydrogen (secondary N) is 3. The van der Waals surface area contributed by atoms with Crippen molar-refractivity contribution in [1.82, 2.24) is 10.6 Å². The predicted octanol–water partition coefficient (Wildman–Crippen LogP) is 4.47. The summed E-state index contributed by atoms with van der Waals surface area (Å²) in [5, 5.41) is 8.12. The Labute approximate surface area is 218 Å². The molecule has 190 valence electrons. The van der Waals surface area contributed by atoms with E-state index in [9.17, 15) is 23.6 Å². The first-order valence-electron chi connectivity index (χ1n) is 11.8. The van der Waals surface area contributed by atoms with E-state index in [4.69, 9.17) is 0 Å². The van der Waals surface area contributed by atoms with Gasteiger partial charge in [0.1, 0.15) is 5.82 Å². The second kappa shape index (κ2) is 12.2. The number of amides is 3. The molecule has 8 heteroatoms. The Kier molecular flexibility index (Phi) is 8.35. The van der Waals surface area contributed by atoms with E-state index >= 15 is 0 Å². The standard InChI is InChI=1S/C30H24FN3O4/c31-23-14-10-22(11-15-23)29(37)34-24-16-12-21(13-17-24)28(36)32-18-19-33-30(38)26-9-5-4-8-25(26)27(35)20-6-2-1-3-7-20/h1-17H,18-19H2,(H,32,36)(H,33,38)(H,34,37). The molecule has 0 fully saturated rings. The van der Waals surface area contributed by atoms with E-state index < -0.39 is 17.6 Å². The molecule has 0 spiro atoms. The van der Waals surface area contributed by atoms with Crippen LogP contribution in [0.2, 0.25) is 0 Å². The van der Waals surface area contributed by atoms with Gasteiger partial charge in [0.05, 0.1) is 5.56 Å². The van der Waals surface area contributed by atoms with Crippen LogP contribution < -0.4 is 16.0 Å². The summed E-state index contributed by atoms with van der Waals surface area (Å²) in [7, 11) is 0. The average Bonchev–Trinajstić information content (AvgIpc) is 2.96. The fourth-order valence-electron chi connectivity index (χ4n) is 3.68. The Hall–Kier alpha value is -5.11. The van der Waals surface area contributed by atoms with Crippen molar-refractivity contribution in [3.63, 3.8) is 0 Å². The van der Waals surface area contributed by atoms with Crippen molar-refractivity contribution in [2.45, 2.75) is 0 Å². The van der Waals surface area contributed by atoms with Crippen LogP contribution in [0.25, 0.3) is 0 Å². The van der Waals surface area contributed by atoms with Crippen molar-refractivity contribution in [2.75, 3.05) is 18.4 Å². The zero-order valence-corrected chi connectivity index (χ0v) is 20.2. The number of halogens is 1. The minimum atomic E-state index is -0.431. The molecule has 3 amide bonds. The molecular weight excluding hydrogens is 485 g/mol. The second-order valence-corrected chi connectivity index (χ2v) is 8.29. The summed E-state index contributed by atoms with van der Waals surface area (Å²) in [5.74, 6) is -1.85. The maximum absolute atomic E-state index is 13.0. The van der Waals surface area contributed by atoms with E-state index in [1.54, 1.807) is 72.8 Å². The Morgan fingerprint density at radius 1 is 0.526 bits per heavy atom. The van der Waals surface area contributed by atoms with Gasteiger partial charge in [-0.15, -0.1) is 0 Å². The maximum atomic E-state index is 13.0. The molecule has 0 saturated carbocycles. The molecule has 0 aliphatic carbocycles. The molecule has 4 rings (SSSR count). The molecule has 0 unspecified atom stereocenters. The lowest BCUT2D eigenvalue weighted by Crippen LogP contribution is -2.35. The Morgan fingerprint density at radius 2 is 1.05 bits per heavy atom. The first-order chi connectivity index (χ1) is 18.4. The van der Waals surface area contributed by atoms with Gasteiger partial charge in [-0.05, 0) is 54.6 Å². The molecule has 0 heterocycles. The maximum Gasteiger partial charge on any atom is 0.255 e. The van der Waals surface area contributed by atoms with Gasteiger partial charge in [0.2, 0.25) is 0 Å². The van der Waals surface area contributed by atoms with Gasteiger partial charge < -0.3 is 16.0 Å². The van der Waals surface area contributed by atoms with E-state index in [1.807, 2.05) is 6.07 Å². The molecule has 38 heavy (non-hydrogen) atoms. The molecule has 0 radical (unpaired) electrons. The highest BCUT2D eigenvalue weighted by atomic mass is 19.1.